The summed E-state index contributed by atoms with van der Waals surface area (Å²) in [5.41, 5.74) is 1.68. The minimum atomic E-state index is -4.25. The van der Waals surface area contributed by atoms with E-state index in [2.05, 4.69) is 25.2 Å². The van der Waals surface area contributed by atoms with E-state index in [4.69, 9.17) is 0 Å². The summed E-state index contributed by atoms with van der Waals surface area (Å²) in [6.45, 7) is 17.8. The number of rotatable bonds is 2. The van der Waals surface area contributed by atoms with Crippen LogP contribution in [0.15, 0.2) is 23.8 Å². The van der Waals surface area contributed by atoms with Crippen molar-refractivity contribution in [2.24, 2.45) is 0 Å². The molecule has 0 aliphatic heterocycles. The molecule has 0 aliphatic carbocycles. The zero-order valence-corrected chi connectivity index (χ0v) is 13.1. The van der Waals surface area contributed by atoms with E-state index in [1.54, 1.807) is 13.8 Å². The first-order chi connectivity index (χ1) is 7.95. The third kappa shape index (κ3) is 67.1. The van der Waals surface area contributed by atoms with Gasteiger partial charge in [0.2, 0.25) is 0 Å². The molecule has 0 saturated carbocycles. The fourth-order valence-electron chi connectivity index (χ4n) is 0.216. The average Bonchev–Trinajstić information content (AvgIpc) is 2.16. The molecule has 0 unspecified atom stereocenters. The number of allylic oxidation sites excluding steroid dienone is 2. The standard InChI is InChI=1S/C6H9O2.C5H9.C2H2F3.CH3.Li/c1-4-8-6(7)5(2)3;1-4-5(2)3;1-2(3,4)5;;/h1-2,4H2,3H3;4H,1H2,2-3H3;1H2;1H3;/q4*-1;+1. The fourth-order valence-corrected chi connectivity index (χ4v) is 0.216. The Kier molecular flexibility index (Phi) is 28.7. The van der Waals surface area contributed by atoms with E-state index in [1.807, 2.05) is 19.9 Å². The molecule has 6 heteroatoms. The second kappa shape index (κ2) is 18.2. The maximum absolute atomic E-state index is 10.4. The summed E-state index contributed by atoms with van der Waals surface area (Å²) >= 11 is 0. The van der Waals surface area contributed by atoms with Crippen molar-refractivity contribution in [2.75, 3.05) is 6.61 Å². The monoisotopic (exact) mass is 287 g/mol. The summed E-state index contributed by atoms with van der Waals surface area (Å²) in [6, 6.07) is 0. The van der Waals surface area contributed by atoms with E-state index >= 15 is 0 Å². The van der Waals surface area contributed by atoms with Crippen LogP contribution in [-0.4, -0.2) is 18.8 Å². The molecule has 0 aliphatic rings. The van der Waals surface area contributed by atoms with Gasteiger partial charge in [0.15, 0.2) is 0 Å². The zero-order valence-electron chi connectivity index (χ0n) is 13.1. The maximum Gasteiger partial charge on any atom is 1.00 e. The molecule has 0 heterocycles. The Bertz CT molecular complexity index is 262. The first kappa shape index (κ1) is 31.5. The molecule has 0 spiro atoms. The van der Waals surface area contributed by atoms with E-state index in [1.165, 1.54) is 5.57 Å². The number of esters is 1. The third-order valence-electron chi connectivity index (χ3n) is 0.990. The van der Waals surface area contributed by atoms with Crippen LogP contribution in [0.1, 0.15) is 20.8 Å². The smallest absolute Gasteiger partial charge is 0.496 e. The minimum Gasteiger partial charge on any atom is -0.496 e. The average molecular weight is 287 g/mol. The van der Waals surface area contributed by atoms with Crippen LogP contribution in [0.4, 0.5) is 13.2 Å². The SMILES string of the molecule is C=C(C)C(=O)OC[CH2-].[CH2-]C(F)(F)F.[CH2-]C=C(C)C.[CH3-].[Li+]. The van der Waals surface area contributed by atoms with Crippen LogP contribution in [0.3, 0.4) is 0 Å². The molecule has 0 saturated heterocycles. The van der Waals surface area contributed by atoms with Crippen molar-refractivity contribution >= 4 is 5.97 Å². The molecule has 0 amide bonds. The van der Waals surface area contributed by atoms with Gasteiger partial charge in [-0.3, -0.25) is 0 Å². The van der Waals surface area contributed by atoms with Gasteiger partial charge in [-0.1, -0.05) is 6.58 Å². The van der Waals surface area contributed by atoms with Crippen LogP contribution in [0.25, 0.3) is 0 Å². The summed E-state index contributed by atoms with van der Waals surface area (Å²) in [6.07, 6.45) is -2.42. The summed E-state index contributed by atoms with van der Waals surface area (Å²) in [5, 5.41) is 0. The molecule has 2 nitrogen and oxygen atoms in total. The molecule has 0 radical (unpaired) electrons. The van der Waals surface area contributed by atoms with Crippen LogP contribution in [0, 0.1) is 28.2 Å². The first-order valence-electron chi connectivity index (χ1n) is 4.92. The van der Waals surface area contributed by atoms with Crippen molar-refractivity contribution in [2.45, 2.75) is 26.9 Å². The van der Waals surface area contributed by atoms with Crippen LogP contribution < -0.4 is 18.9 Å². The van der Waals surface area contributed by atoms with Gasteiger partial charge in [-0.25, -0.2) is 43.5 Å². The summed E-state index contributed by atoms with van der Waals surface area (Å²) in [4.78, 5) is 10.4. The van der Waals surface area contributed by atoms with Gasteiger partial charge in [-0.05, 0) is 13.5 Å². The summed E-state index contributed by atoms with van der Waals surface area (Å²) in [5.74, 6) is -0.375. The van der Waals surface area contributed by atoms with Gasteiger partial charge in [0, 0.05) is 5.57 Å². The van der Waals surface area contributed by atoms with Gasteiger partial charge in [-0.15, -0.1) is 13.8 Å². The number of hydrogen-bond donors (Lipinski definition) is 0. The van der Waals surface area contributed by atoms with E-state index < -0.39 is 6.18 Å². The van der Waals surface area contributed by atoms with Crippen LogP contribution in [0.2, 0.25) is 0 Å². The van der Waals surface area contributed by atoms with Crippen molar-refractivity contribution in [3.8, 4) is 0 Å². The first-order valence-corrected chi connectivity index (χ1v) is 4.92. The number of carbonyl (C=O) groups is 1. The molecule has 0 fully saturated rings. The van der Waals surface area contributed by atoms with Gasteiger partial charge in [0.1, 0.15) is 0 Å². The normalized spacial score (nSPS) is 8.00. The van der Waals surface area contributed by atoms with E-state index in [-0.39, 0.29) is 38.9 Å². The molecule has 0 rings (SSSR count). The molecule has 116 valence electrons. The Morgan fingerprint density at radius 1 is 1.30 bits per heavy atom. The topological polar surface area (TPSA) is 26.3 Å². The Labute approximate surface area is 133 Å². The Hall–Kier alpha value is -0.793. The van der Waals surface area contributed by atoms with Gasteiger partial charge in [0.25, 0.3) is 6.18 Å². The quantitative estimate of drug-likeness (QED) is 0.333. The van der Waals surface area contributed by atoms with Gasteiger partial charge in [-0.2, -0.15) is 0 Å². The zero-order chi connectivity index (χ0) is 15.4. The van der Waals surface area contributed by atoms with Gasteiger partial charge < -0.3 is 19.1 Å². The van der Waals surface area contributed by atoms with Gasteiger partial charge in [0.05, 0.1) is 0 Å². The second-order valence-corrected chi connectivity index (χ2v) is 3.31. The number of hydrogen-bond acceptors (Lipinski definition) is 2. The number of halogens is 3. The molecule has 0 aromatic rings. The maximum atomic E-state index is 10.4. The van der Waals surface area contributed by atoms with E-state index in [9.17, 15) is 18.0 Å². The summed E-state index contributed by atoms with van der Waals surface area (Å²) < 4.78 is 35.2. The predicted molar refractivity (Wildman–Crippen MR) is 73.7 cm³/mol. The van der Waals surface area contributed by atoms with Crippen molar-refractivity contribution in [3.05, 3.63) is 52.0 Å². The Balaban J connectivity index is -0.0000000558. The molecule has 0 aromatic heterocycles. The Morgan fingerprint density at radius 3 is 1.60 bits per heavy atom. The van der Waals surface area contributed by atoms with Crippen molar-refractivity contribution in [1.29, 1.82) is 0 Å². The van der Waals surface area contributed by atoms with Crippen molar-refractivity contribution < 1.29 is 41.6 Å². The largest absolute Gasteiger partial charge is 1.00 e. The van der Waals surface area contributed by atoms with Crippen LogP contribution in [-0.2, 0) is 9.53 Å². The Morgan fingerprint density at radius 2 is 1.55 bits per heavy atom. The molecular formula is C14H23F3LiO2-3. The number of alkyl halides is 3. The fraction of sp³-hybridized carbons (Fsp3) is 0.357. The van der Waals surface area contributed by atoms with Crippen molar-refractivity contribution in [1.82, 2.24) is 0 Å². The molecule has 0 N–H and O–H groups in total. The predicted octanol–water partition coefficient (Wildman–Crippen LogP) is 1.56. The van der Waals surface area contributed by atoms with Crippen LogP contribution in [0.5, 0.6) is 0 Å². The molecule has 0 bridgehead atoms. The number of carbonyl (C=O) groups excluding carboxylic acids is 1. The van der Waals surface area contributed by atoms with E-state index in [0.717, 1.165) is 0 Å². The second-order valence-electron chi connectivity index (χ2n) is 3.31. The van der Waals surface area contributed by atoms with E-state index in [0.29, 0.717) is 5.57 Å². The van der Waals surface area contributed by atoms with Crippen molar-refractivity contribution in [3.63, 3.8) is 0 Å². The molecule has 20 heavy (non-hydrogen) atoms. The number of ether oxygens (including phenoxy) is 1. The van der Waals surface area contributed by atoms with Gasteiger partial charge >= 0.3 is 24.8 Å². The molecular weight excluding hydrogens is 264 g/mol. The van der Waals surface area contributed by atoms with Crippen LogP contribution >= 0.6 is 0 Å². The molecule has 0 atom stereocenters. The third-order valence-corrected chi connectivity index (χ3v) is 0.990. The summed E-state index contributed by atoms with van der Waals surface area (Å²) in [7, 11) is 0. The molecule has 0 aromatic carbocycles. The minimum absolute atomic E-state index is 0.